The van der Waals surface area contributed by atoms with Crippen LogP contribution in [0.3, 0.4) is 0 Å². The van der Waals surface area contributed by atoms with Crippen LogP contribution in [0.25, 0.3) is 10.9 Å². The third-order valence-corrected chi connectivity index (χ3v) is 5.39. The topological polar surface area (TPSA) is 62.3 Å². The number of fused-ring (bicyclic) bond motifs is 1. The molecule has 1 aromatic heterocycles. The van der Waals surface area contributed by atoms with Gasteiger partial charge in [0.05, 0.1) is 17.1 Å². The summed E-state index contributed by atoms with van der Waals surface area (Å²) >= 11 is 0. The van der Waals surface area contributed by atoms with Crippen LogP contribution < -0.4 is 5.32 Å². The summed E-state index contributed by atoms with van der Waals surface area (Å²) in [5.41, 5.74) is 3.79. The van der Waals surface area contributed by atoms with Gasteiger partial charge in [-0.05, 0) is 31.7 Å². The zero-order valence-corrected chi connectivity index (χ0v) is 16.7. The van der Waals surface area contributed by atoms with Gasteiger partial charge in [0.15, 0.2) is 0 Å². The normalized spacial score (nSPS) is 17.4. The molecule has 0 bridgehead atoms. The zero-order valence-electron chi connectivity index (χ0n) is 16.7. The summed E-state index contributed by atoms with van der Waals surface area (Å²) in [5.74, 6) is 0.213. The van der Waals surface area contributed by atoms with E-state index >= 15 is 0 Å². The van der Waals surface area contributed by atoms with Gasteiger partial charge in [0.25, 0.3) is 0 Å². The maximum Gasteiger partial charge on any atom is 0.229 e. The molecule has 0 unspecified atom stereocenters. The van der Waals surface area contributed by atoms with Crippen LogP contribution in [0.1, 0.15) is 57.2 Å². The fourth-order valence-corrected chi connectivity index (χ4v) is 4.06. The van der Waals surface area contributed by atoms with Gasteiger partial charge in [-0.2, -0.15) is 0 Å². The van der Waals surface area contributed by atoms with Gasteiger partial charge in [-0.1, -0.05) is 39.0 Å². The van der Waals surface area contributed by atoms with Crippen LogP contribution in [0.4, 0.5) is 5.69 Å². The van der Waals surface area contributed by atoms with E-state index in [2.05, 4.69) is 19.2 Å². The average Bonchev–Trinajstić information content (AvgIpc) is 2.67. The zero-order chi connectivity index (χ0) is 19.6. The Hall–Kier alpha value is -2.43. The highest BCUT2D eigenvalue weighted by atomic mass is 16.2. The van der Waals surface area contributed by atoms with E-state index in [0.717, 1.165) is 47.2 Å². The maximum absolute atomic E-state index is 13.1. The first-order valence-corrected chi connectivity index (χ1v) is 9.90. The van der Waals surface area contributed by atoms with Crippen molar-refractivity contribution >= 4 is 28.4 Å². The standard InChI is InChI=1S/C22H29N3O2/c1-5-19(26)25-12-8-9-16(13-25)22(27)24-21-17-10-6-7-11-18(17)23-15(4)20(21)14(2)3/h6-7,10-11,14,16H,5,8-9,12-13H2,1-4H3,(H,23,24,27)/t16-/m0/s1. The van der Waals surface area contributed by atoms with Gasteiger partial charge in [0.1, 0.15) is 0 Å². The lowest BCUT2D eigenvalue weighted by atomic mass is 9.94. The second-order valence-electron chi connectivity index (χ2n) is 7.68. The molecule has 1 aromatic carbocycles. The van der Waals surface area contributed by atoms with Crippen LogP contribution >= 0.6 is 0 Å². The quantitative estimate of drug-likeness (QED) is 0.878. The molecule has 27 heavy (non-hydrogen) atoms. The number of benzene rings is 1. The molecule has 5 heteroatoms. The van der Waals surface area contributed by atoms with Crippen LogP contribution in [0.2, 0.25) is 0 Å². The van der Waals surface area contributed by atoms with Crippen LogP contribution in [-0.2, 0) is 9.59 Å². The fourth-order valence-electron chi connectivity index (χ4n) is 4.06. The molecule has 0 aliphatic carbocycles. The van der Waals surface area contributed by atoms with E-state index in [9.17, 15) is 9.59 Å². The number of hydrogen-bond acceptors (Lipinski definition) is 3. The Balaban J connectivity index is 1.92. The largest absolute Gasteiger partial charge is 0.342 e. The Morgan fingerprint density at radius 2 is 2.04 bits per heavy atom. The number of aromatic nitrogens is 1. The SMILES string of the molecule is CCC(=O)N1CCC[C@H](C(=O)Nc2c(C(C)C)c(C)nc3ccccc23)C1. The van der Waals surface area contributed by atoms with E-state index < -0.39 is 0 Å². The van der Waals surface area contributed by atoms with Crippen LogP contribution in [0, 0.1) is 12.8 Å². The number of nitrogens with one attached hydrogen (secondary N) is 1. The molecule has 1 N–H and O–H groups in total. The molecule has 2 heterocycles. The molecule has 1 atom stereocenters. The number of hydrogen-bond donors (Lipinski definition) is 1. The minimum absolute atomic E-state index is 0.00116. The van der Waals surface area contributed by atoms with E-state index in [0.29, 0.717) is 13.0 Å². The smallest absolute Gasteiger partial charge is 0.229 e. The molecule has 144 valence electrons. The molecule has 2 aromatic rings. The first kappa shape index (κ1) is 19.3. The van der Waals surface area contributed by atoms with E-state index in [-0.39, 0.29) is 23.7 Å². The lowest BCUT2D eigenvalue weighted by Crippen LogP contribution is -2.43. The second kappa shape index (κ2) is 8.07. The van der Waals surface area contributed by atoms with Crippen LogP contribution in [0.5, 0.6) is 0 Å². The molecule has 1 fully saturated rings. The van der Waals surface area contributed by atoms with Crippen LogP contribution in [0.15, 0.2) is 24.3 Å². The highest BCUT2D eigenvalue weighted by molar-refractivity contribution is 6.03. The monoisotopic (exact) mass is 367 g/mol. The number of carbonyl (C=O) groups excluding carboxylic acids is 2. The van der Waals surface area contributed by atoms with Gasteiger partial charge in [-0.3, -0.25) is 14.6 Å². The number of anilines is 1. The number of aryl methyl sites for hydroxylation is 1. The Morgan fingerprint density at radius 3 is 2.74 bits per heavy atom. The number of carbonyl (C=O) groups is 2. The van der Waals surface area contributed by atoms with Crippen molar-refractivity contribution < 1.29 is 9.59 Å². The van der Waals surface area contributed by atoms with Gasteiger partial charge in [0, 0.05) is 36.2 Å². The summed E-state index contributed by atoms with van der Waals surface area (Å²) in [4.78, 5) is 31.7. The number of piperidine rings is 1. The van der Waals surface area contributed by atoms with Gasteiger partial charge in [0.2, 0.25) is 11.8 Å². The van der Waals surface area contributed by atoms with Gasteiger partial charge >= 0.3 is 0 Å². The Morgan fingerprint density at radius 1 is 1.30 bits per heavy atom. The Kier molecular flexibility index (Phi) is 5.78. The summed E-state index contributed by atoms with van der Waals surface area (Å²) in [6.07, 6.45) is 2.18. The van der Waals surface area contributed by atoms with E-state index in [1.54, 1.807) is 0 Å². The first-order valence-electron chi connectivity index (χ1n) is 9.90. The third-order valence-electron chi connectivity index (χ3n) is 5.39. The van der Waals surface area contributed by atoms with Gasteiger partial charge < -0.3 is 10.2 Å². The predicted molar refractivity (Wildman–Crippen MR) is 109 cm³/mol. The molecule has 3 rings (SSSR count). The molecule has 5 nitrogen and oxygen atoms in total. The van der Waals surface area contributed by atoms with E-state index in [1.165, 1.54) is 0 Å². The summed E-state index contributed by atoms with van der Waals surface area (Å²) in [6, 6.07) is 7.92. The van der Waals surface area contributed by atoms with Crippen molar-refractivity contribution in [2.45, 2.75) is 52.9 Å². The molecule has 1 saturated heterocycles. The summed E-state index contributed by atoms with van der Waals surface area (Å²) in [5, 5.41) is 4.18. The minimum Gasteiger partial charge on any atom is -0.342 e. The number of likely N-dealkylation sites (tertiary alicyclic amines) is 1. The van der Waals surface area contributed by atoms with Crippen molar-refractivity contribution in [3.63, 3.8) is 0 Å². The lowest BCUT2D eigenvalue weighted by Gasteiger charge is -2.32. The Labute approximate surface area is 161 Å². The molecule has 1 aliphatic heterocycles. The first-order chi connectivity index (χ1) is 12.9. The number of para-hydroxylation sites is 1. The lowest BCUT2D eigenvalue weighted by molar-refractivity contribution is -0.134. The minimum atomic E-state index is -0.165. The van der Waals surface area contributed by atoms with Crippen molar-refractivity contribution in [3.8, 4) is 0 Å². The summed E-state index contributed by atoms with van der Waals surface area (Å²) < 4.78 is 0. The molecule has 0 spiro atoms. The van der Waals surface area contributed by atoms with Gasteiger partial charge in [-0.15, -0.1) is 0 Å². The number of amides is 2. The molecule has 1 aliphatic rings. The molecule has 2 amide bonds. The summed E-state index contributed by atoms with van der Waals surface area (Å²) in [6.45, 7) is 9.38. The molecule has 0 radical (unpaired) electrons. The predicted octanol–water partition coefficient (Wildman–Crippen LogP) is 4.25. The van der Waals surface area contributed by atoms with Crippen LogP contribution in [-0.4, -0.2) is 34.8 Å². The van der Waals surface area contributed by atoms with Gasteiger partial charge in [-0.25, -0.2) is 0 Å². The van der Waals surface area contributed by atoms with Crippen molar-refractivity contribution in [1.29, 1.82) is 0 Å². The van der Waals surface area contributed by atoms with Crippen molar-refractivity contribution in [2.24, 2.45) is 5.92 Å². The summed E-state index contributed by atoms with van der Waals surface area (Å²) in [7, 11) is 0. The highest BCUT2D eigenvalue weighted by Gasteiger charge is 2.29. The Bertz CT molecular complexity index is 860. The molecule has 0 saturated carbocycles. The maximum atomic E-state index is 13.1. The second-order valence-corrected chi connectivity index (χ2v) is 7.68. The van der Waals surface area contributed by atoms with Crippen molar-refractivity contribution in [1.82, 2.24) is 9.88 Å². The molecular formula is C22H29N3O2. The fraction of sp³-hybridized carbons (Fsp3) is 0.500. The van der Waals surface area contributed by atoms with E-state index in [4.69, 9.17) is 4.98 Å². The third kappa shape index (κ3) is 3.97. The number of pyridine rings is 1. The molecular weight excluding hydrogens is 338 g/mol. The van der Waals surface area contributed by atoms with Crippen molar-refractivity contribution in [2.75, 3.05) is 18.4 Å². The number of nitrogens with zero attached hydrogens (tertiary/aromatic N) is 2. The van der Waals surface area contributed by atoms with Crippen molar-refractivity contribution in [3.05, 3.63) is 35.5 Å². The van der Waals surface area contributed by atoms with E-state index in [1.807, 2.05) is 43.0 Å². The number of rotatable bonds is 4. The highest BCUT2D eigenvalue weighted by Crippen LogP contribution is 2.34. The average molecular weight is 367 g/mol.